The Labute approximate surface area is 125 Å². The topological polar surface area (TPSA) is 115 Å². The molecule has 0 aliphatic heterocycles. The molecule has 0 aliphatic rings. The third-order valence-corrected chi connectivity index (χ3v) is 4.47. The number of hydrogen-bond donors (Lipinski definition) is 3. The molecule has 0 atom stereocenters. The highest BCUT2D eigenvalue weighted by Gasteiger charge is 2.32. The zero-order valence-corrected chi connectivity index (χ0v) is 13.0. The van der Waals surface area contributed by atoms with E-state index in [1.807, 2.05) is 6.92 Å². The summed E-state index contributed by atoms with van der Waals surface area (Å²) < 4.78 is 27.1. The predicted molar refractivity (Wildman–Crippen MR) is 80.7 cm³/mol. The monoisotopic (exact) mass is 309 g/mol. The summed E-state index contributed by atoms with van der Waals surface area (Å²) in [5, 5.41) is 0. The average molecular weight is 309 g/mol. The number of rotatable bonds is 4. The first-order valence-electron chi connectivity index (χ1n) is 6.23. The maximum Gasteiger partial charge on any atom is 0.242 e. The van der Waals surface area contributed by atoms with E-state index < -0.39 is 21.5 Å². The molecule has 0 spiro atoms. The summed E-state index contributed by atoms with van der Waals surface area (Å²) in [4.78, 5) is 11.3. The summed E-state index contributed by atoms with van der Waals surface area (Å²) >= 11 is 0. The quantitative estimate of drug-likeness (QED) is 0.671. The normalized spacial score (nSPS) is 11.6. The fourth-order valence-corrected chi connectivity index (χ4v) is 3.09. The van der Waals surface area contributed by atoms with E-state index in [0.717, 1.165) is 5.56 Å². The van der Waals surface area contributed by atoms with Gasteiger partial charge in [0.1, 0.15) is 5.54 Å². The van der Waals surface area contributed by atoms with Crippen molar-refractivity contribution in [1.29, 1.82) is 0 Å². The van der Waals surface area contributed by atoms with Crippen molar-refractivity contribution in [3.8, 4) is 11.8 Å². The van der Waals surface area contributed by atoms with Crippen LogP contribution in [0.1, 0.15) is 25.0 Å². The van der Waals surface area contributed by atoms with Crippen molar-refractivity contribution < 1.29 is 13.2 Å². The Bertz CT molecular complexity index is 713. The zero-order chi connectivity index (χ0) is 16.3. The predicted octanol–water partition coefficient (Wildman–Crippen LogP) is -0.153. The molecule has 114 valence electrons. The highest BCUT2D eigenvalue weighted by atomic mass is 32.2. The van der Waals surface area contributed by atoms with Crippen LogP contribution < -0.4 is 16.2 Å². The van der Waals surface area contributed by atoms with Crippen LogP contribution in [0.25, 0.3) is 0 Å². The van der Waals surface area contributed by atoms with E-state index in [4.69, 9.17) is 11.5 Å². The van der Waals surface area contributed by atoms with Crippen LogP contribution in [0.2, 0.25) is 0 Å². The number of benzene rings is 1. The maximum absolute atomic E-state index is 12.4. The number of aryl methyl sites for hydroxylation is 1. The Morgan fingerprint density at radius 2 is 2.00 bits per heavy atom. The van der Waals surface area contributed by atoms with Gasteiger partial charge < -0.3 is 11.5 Å². The molecule has 0 heterocycles. The lowest BCUT2D eigenvalue weighted by Crippen LogP contribution is -2.52. The molecule has 1 aromatic carbocycles. The number of primary amides is 1. The molecule has 6 nitrogen and oxygen atoms in total. The van der Waals surface area contributed by atoms with E-state index in [1.54, 1.807) is 12.1 Å². The first-order valence-corrected chi connectivity index (χ1v) is 7.72. The molecule has 21 heavy (non-hydrogen) atoms. The van der Waals surface area contributed by atoms with Crippen LogP contribution in [-0.2, 0) is 14.8 Å². The highest BCUT2D eigenvalue weighted by Crippen LogP contribution is 2.18. The van der Waals surface area contributed by atoms with Crippen molar-refractivity contribution in [3.63, 3.8) is 0 Å². The number of nitrogens with one attached hydrogen (secondary N) is 1. The summed E-state index contributed by atoms with van der Waals surface area (Å²) in [6, 6.07) is 4.74. The summed E-state index contributed by atoms with van der Waals surface area (Å²) in [6.07, 6.45) is 0. The van der Waals surface area contributed by atoms with Gasteiger partial charge >= 0.3 is 0 Å². The van der Waals surface area contributed by atoms with Crippen LogP contribution in [0.5, 0.6) is 0 Å². The van der Waals surface area contributed by atoms with Crippen LogP contribution in [0.15, 0.2) is 23.1 Å². The van der Waals surface area contributed by atoms with Gasteiger partial charge in [0.25, 0.3) is 0 Å². The number of nitrogens with two attached hydrogens (primary N) is 2. The zero-order valence-electron chi connectivity index (χ0n) is 12.2. The molecule has 5 N–H and O–H groups in total. The maximum atomic E-state index is 12.4. The van der Waals surface area contributed by atoms with Gasteiger partial charge in [0.05, 0.1) is 11.4 Å². The highest BCUT2D eigenvalue weighted by molar-refractivity contribution is 7.89. The van der Waals surface area contributed by atoms with Crippen molar-refractivity contribution >= 4 is 15.9 Å². The molecule has 1 aromatic rings. The minimum Gasteiger partial charge on any atom is -0.368 e. The molecule has 0 bridgehead atoms. The van der Waals surface area contributed by atoms with Gasteiger partial charge in [-0.05, 0) is 38.5 Å². The molecule has 1 rings (SSSR count). The second-order valence-electron chi connectivity index (χ2n) is 5.10. The van der Waals surface area contributed by atoms with Gasteiger partial charge in [0, 0.05) is 5.56 Å². The van der Waals surface area contributed by atoms with Gasteiger partial charge in [-0.15, -0.1) is 0 Å². The van der Waals surface area contributed by atoms with Gasteiger partial charge in [0.2, 0.25) is 15.9 Å². The van der Waals surface area contributed by atoms with Crippen molar-refractivity contribution in [1.82, 2.24) is 4.72 Å². The smallest absolute Gasteiger partial charge is 0.242 e. The molecule has 7 heteroatoms. The fourth-order valence-electron chi connectivity index (χ4n) is 1.56. The molecule has 1 amide bonds. The third kappa shape index (κ3) is 4.29. The van der Waals surface area contributed by atoms with Crippen molar-refractivity contribution in [2.75, 3.05) is 6.54 Å². The second-order valence-corrected chi connectivity index (χ2v) is 6.75. The lowest BCUT2D eigenvalue weighted by atomic mass is 10.1. The lowest BCUT2D eigenvalue weighted by molar-refractivity contribution is -0.122. The standard InChI is InChI=1S/C14H19N3O3S/c1-10-6-7-12(11(9-10)5-4-8-15)21(19,20)17-14(2,3)13(16)18/h6-7,9,17H,8,15H2,1-3H3,(H2,16,18). The lowest BCUT2D eigenvalue weighted by Gasteiger charge is -2.22. The Morgan fingerprint density at radius 1 is 1.38 bits per heavy atom. The first kappa shape index (κ1) is 17.2. The van der Waals surface area contributed by atoms with E-state index in [0.29, 0.717) is 5.56 Å². The van der Waals surface area contributed by atoms with E-state index >= 15 is 0 Å². The largest absolute Gasteiger partial charge is 0.368 e. The van der Waals surface area contributed by atoms with Crippen LogP contribution in [0, 0.1) is 18.8 Å². The van der Waals surface area contributed by atoms with Crippen LogP contribution in [0.3, 0.4) is 0 Å². The Kier molecular flexibility index (Phi) is 5.12. The molecule has 0 unspecified atom stereocenters. The molecule has 0 aliphatic carbocycles. The number of sulfonamides is 1. The minimum atomic E-state index is -3.93. The summed E-state index contributed by atoms with van der Waals surface area (Å²) in [7, 11) is -3.93. The van der Waals surface area contributed by atoms with Crippen molar-refractivity contribution in [3.05, 3.63) is 29.3 Å². The minimum absolute atomic E-state index is 0.0108. The molecular weight excluding hydrogens is 290 g/mol. The van der Waals surface area contributed by atoms with E-state index in [2.05, 4.69) is 16.6 Å². The number of carbonyl (C=O) groups is 1. The number of hydrogen-bond acceptors (Lipinski definition) is 4. The summed E-state index contributed by atoms with van der Waals surface area (Å²) in [5.41, 5.74) is 10.3. The fraction of sp³-hybridized carbons (Fsp3) is 0.357. The number of amides is 1. The number of carbonyl (C=O) groups excluding carboxylic acids is 1. The SMILES string of the molecule is Cc1ccc(S(=O)(=O)NC(C)(C)C(N)=O)c(C#CCN)c1. The Hall–Kier alpha value is -1.88. The van der Waals surface area contributed by atoms with Crippen molar-refractivity contribution in [2.45, 2.75) is 31.2 Å². The van der Waals surface area contributed by atoms with Gasteiger partial charge in [-0.3, -0.25) is 4.79 Å². The van der Waals surface area contributed by atoms with Gasteiger partial charge in [-0.25, -0.2) is 8.42 Å². The molecule has 0 saturated heterocycles. The summed E-state index contributed by atoms with van der Waals surface area (Å²) in [6.45, 7) is 4.73. The van der Waals surface area contributed by atoms with Gasteiger partial charge in [0.15, 0.2) is 0 Å². The Balaban J connectivity index is 3.35. The molecule has 0 fully saturated rings. The summed E-state index contributed by atoms with van der Waals surface area (Å²) in [5.74, 6) is 4.58. The van der Waals surface area contributed by atoms with Gasteiger partial charge in [-0.2, -0.15) is 4.72 Å². The molecule has 0 saturated carbocycles. The van der Waals surface area contributed by atoms with Crippen LogP contribution in [0.4, 0.5) is 0 Å². The van der Waals surface area contributed by atoms with E-state index in [-0.39, 0.29) is 11.4 Å². The third-order valence-electron chi connectivity index (χ3n) is 2.76. The molecule has 0 aromatic heterocycles. The average Bonchev–Trinajstić information content (AvgIpc) is 2.34. The van der Waals surface area contributed by atoms with Crippen LogP contribution >= 0.6 is 0 Å². The van der Waals surface area contributed by atoms with Crippen molar-refractivity contribution in [2.24, 2.45) is 11.5 Å². The Morgan fingerprint density at radius 3 is 2.52 bits per heavy atom. The van der Waals surface area contributed by atoms with Crippen LogP contribution in [-0.4, -0.2) is 26.4 Å². The second kappa shape index (κ2) is 6.26. The first-order chi connectivity index (χ1) is 9.60. The molecular formula is C14H19N3O3S. The molecule has 0 radical (unpaired) electrons. The van der Waals surface area contributed by atoms with E-state index in [9.17, 15) is 13.2 Å². The van der Waals surface area contributed by atoms with Gasteiger partial charge in [-0.1, -0.05) is 17.9 Å². The van der Waals surface area contributed by atoms with E-state index in [1.165, 1.54) is 19.9 Å².